The summed E-state index contributed by atoms with van der Waals surface area (Å²) >= 11 is 0. The van der Waals surface area contributed by atoms with E-state index in [1.165, 1.54) is 17.0 Å². The van der Waals surface area contributed by atoms with E-state index >= 15 is 0 Å². The van der Waals surface area contributed by atoms with Gasteiger partial charge in [-0.1, -0.05) is 0 Å². The van der Waals surface area contributed by atoms with Gasteiger partial charge in [0.1, 0.15) is 11.5 Å². The third-order valence-electron chi connectivity index (χ3n) is 4.16. The molecule has 2 aromatic rings. The fraction of sp³-hybridized carbons (Fsp3) is 0.235. The minimum absolute atomic E-state index is 0.00963. The van der Waals surface area contributed by atoms with Gasteiger partial charge in [-0.25, -0.2) is 26.3 Å². The minimum atomic E-state index is -2.21. The largest absolute Gasteiger partial charge is 0.363 e. The van der Waals surface area contributed by atoms with Crippen LogP contribution in [0.2, 0.25) is 0 Å². The number of halogens is 6. The van der Waals surface area contributed by atoms with Crippen LogP contribution in [-0.4, -0.2) is 37.0 Å². The maximum atomic E-state index is 13.9. The molecule has 3 nitrogen and oxygen atoms in total. The normalized spacial score (nSPS) is 14.7. The average molecular weight is 374 g/mol. The van der Waals surface area contributed by atoms with Crippen LogP contribution in [0.4, 0.5) is 32.0 Å². The molecule has 1 fully saturated rings. The summed E-state index contributed by atoms with van der Waals surface area (Å²) in [6, 6.07) is 4.85. The Hall–Kier alpha value is -2.71. The van der Waals surface area contributed by atoms with E-state index in [4.69, 9.17) is 0 Å². The summed E-state index contributed by atoms with van der Waals surface area (Å²) in [5.74, 6) is -11.0. The fourth-order valence-electron chi connectivity index (χ4n) is 2.78. The first-order chi connectivity index (χ1) is 12.3. The maximum Gasteiger partial charge on any atom is 0.253 e. The van der Waals surface area contributed by atoms with E-state index in [-0.39, 0.29) is 31.7 Å². The molecule has 0 radical (unpaired) electrons. The van der Waals surface area contributed by atoms with Gasteiger partial charge in [0.25, 0.3) is 5.91 Å². The van der Waals surface area contributed by atoms with E-state index in [1.807, 2.05) is 0 Å². The summed E-state index contributed by atoms with van der Waals surface area (Å²) in [6.45, 7) is -0.220. The standard InChI is InChI=1S/C17H12F6N2O/c18-10-3-1-9(2-4-10)17(26)25-7-5-24(6-8-25)16-14(22)12(20)11(19)13(21)15(16)23/h1-4H,5-8H2. The molecule has 0 N–H and O–H groups in total. The second-order valence-corrected chi connectivity index (χ2v) is 5.70. The molecule has 1 heterocycles. The van der Waals surface area contributed by atoms with Crippen molar-refractivity contribution >= 4 is 11.6 Å². The third-order valence-corrected chi connectivity index (χ3v) is 4.16. The van der Waals surface area contributed by atoms with Gasteiger partial charge in [-0.2, -0.15) is 0 Å². The van der Waals surface area contributed by atoms with Crippen LogP contribution in [0.5, 0.6) is 0 Å². The Bertz CT molecular complexity index is 818. The van der Waals surface area contributed by atoms with E-state index < -0.39 is 46.5 Å². The number of amides is 1. The second kappa shape index (κ2) is 6.89. The number of nitrogens with zero attached hydrogens (tertiary/aromatic N) is 2. The predicted molar refractivity (Wildman–Crippen MR) is 80.7 cm³/mol. The maximum absolute atomic E-state index is 13.9. The van der Waals surface area contributed by atoms with Gasteiger partial charge in [0.2, 0.25) is 5.82 Å². The average Bonchev–Trinajstić information content (AvgIpc) is 2.65. The number of hydrogen-bond acceptors (Lipinski definition) is 2. The van der Waals surface area contributed by atoms with E-state index in [9.17, 15) is 31.1 Å². The first-order valence-corrected chi connectivity index (χ1v) is 7.62. The van der Waals surface area contributed by atoms with Gasteiger partial charge < -0.3 is 9.80 Å². The fourth-order valence-corrected chi connectivity index (χ4v) is 2.78. The van der Waals surface area contributed by atoms with Crippen molar-refractivity contribution in [3.8, 4) is 0 Å². The molecule has 1 saturated heterocycles. The minimum Gasteiger partial charge on any atom is -0.363 e. The van der Waals surface area contributed by atoms with Crippen molar-refractivity contribution < 1.29 is 31.1 Å². The first-order valence-electron chi connectivity index (χ1n) is 7.62. The number of benzene rings is 2. The molecule has 0 bridgehead atoms. The van der Waals surface area contributed by atoms with Crippen LogP contribution in [0.1, 0.15) is 10.4 Å². The van der Waals surface area contributed by atoms with Gasteiger partial charge in [0, 0.05) is 31.7 Å². The van der Waals surface area contributed by atoms with E-state index in [2.05, 4.69) is 0 Å². The number of piperazine rings is 1. The Labute approximate surface area is 144 Å². The SMILES string of the molecule is O=C(c1ccc(F)cc1)N1CCN(c2c(F)c(F)c(F)c(F)c2F)CC1. The number of carbonyl (C=O) groups is 1. The van der Waals surface area contributed by atoms with Crippen LogP contribution in [-0.2, 0) is 0 Å². The highest BCUT2D eigenvalue weighted by molar-refractivity contribution is 5.94. The van der Waals surface area contributed by atoms with E-state index in [1.54, 1.807) is 0 Å². The number of carbonyl (C=O) groups excluding carboxylic acids is 1. The van der Waals surface area contributed by atoms with Crippen molar-refractivity contribution in [2.24, 2.45) is 0 Å². The zero-order chi connectivity index (χ0) is 19.0. The van der Waals surface area contributed by atoms with E-state index in [0.717, 1.165) is 17.0 Å². The van der Waals surface area contributed by atoms with Crippen molar-refractivity contribution in [2.75, 3.05) is 31.1 Å². The van der Waals surface area contributed by atoms with Crippen molar-refractivity contribution in [1.29, 1.82) is 0 Å². The Morgan fingerprint density at radius 1 is 0.692 bits per heavy atom. The molecule has 3 rings (SSSR count). The lowest BCUT2D eigenvalue weighted by atomic mass is 10.1. The molecular weight excluding hydrogens is 362 g/mol. The van der Waals surface area contributed by atoms with Gasteiger partial charge in [0.05, 0.1) is 0 Å². The smallest absolute Gasteiger partial charge is 0.253 e. The molecule has 26 heavy (non-hydrogen) atoms. The first kappa shape index (κ1) is 18.1. The number of rotatable bonds is 2. The molecule has 0 aliphatic carbocycles. The van der Waals surface area contributed by atoms with Crippen LogP contribution in [0, 0.1) is 34.9 Å². The summed E-state index contributed by atoms with van der Waals surface area (Å²) in [6.07, 6.45) is 0. The Morgan fingerprint density at radius 2 is 1.15 bits per heavy atom. The molecule has 138 valence electrons. The van der Waals surface area contributed by atoms with Crippen LogP contribution >= 0.6 is 0 Å². The van der Waals surface area contributed by atoms with Gasteiger partial charge in [-0.3, -0.25) is 4.79 Å². The third kappa shape index (κ3) is 3.09. The zero-order valence-electron chi connectivity index (χ0n) is 13.2. The molecule has 0 atom stereocenters. The lowest BCUT2D eigenvalue weighted by Crippen LogP contribution is -2.49. The Balaban J connectivity index is 1.77. The Morgan fingerprint density at radius 3 is 1.65 bits per heavy atom. The van der Waals surface area contributed by atoms with Crippen LogP contribution in [0.25, 0.3) is 0 Å². The molecule has 0 unspecified atom stereocenters. The molecule has 1 aliphatic heterocycles. The van der Waals surface area contributed by atoms with Crippen LogP contribution < -0.4 is 4.90 Å². The molecule has 2 aromatic carbocycles. The molecule has 0 saturated carbocycles. The van der Waals surface area contributed by atoms with Crippen molar-refractivity contribution in [1.82, 2.24) is 4.90 Å². The molecule has 0 aromatic heterocycles. The molecule has 9 heteroatoms. The summed E-state index contributed by atoms with van der Waals surface area (Å²) in [4.78, 5) is 14.7. The van der Waals surface area contributed by atoms with Crippen molar-refractivity contribution in [3.05, 3.63) is 64.7 Å². The van der Waals surface area contributed by atoms with Crippen LogP contribution in [0.3, 0.4) is 0 Å². The quantitative estimate of drug-likeness (QED) is 0.457. The second-order valence-electron chi connectivity index (χ2n) is 5.70. The highest BCUT2D eigenvalue weighted by Crippen LogP contribution is 2.31. The van der Waals surface area contributed by atoms with Crippen molar-refractivity contribution in [3.63, 3.8) is 0 Å². The van der Waals surface area contributed by atoms with Gasteiger partial charge in [-0.15, -0.1) is 0 Å². The zero-order valence-corrected chi connectivity index (χ0v) is 13.2. The molecule has 1 amide bonds. The van der Waals surface area contributed by atoms with Crippen molar-refractivity contribution in [2.45, 2.75) is 0 Å². The van der Waals surface area contributed by atoms with Gasteiger partial charge in [-0.05, 0) is 24.3 Å². The topological polar surface area (TPSA) is 23.6 Å². The van der Waals surface area contributed by atoms with Gasteiger partial charge in [0.15, 0.2) is 23.3 Å². The number of hydrogen-bond donors (Lipinski definition) is 0. The molecule has 1 aliphatic rings. The lowest BCUT2D eigenvalue weighted by molar-refractivity contribution is 0.0746. The molecule has 0 spiro atoms. The summed E-state index contributed by atoms with van der Waals surface area (Å²) in [5.41, 5.74) is -0.772. The van der Waals surface area contributed by atoms with E-state index in [0.29, 0.717) is 0 Å². The Kier molecular flexibility index (Phi) is 4.80. The van der Waals surface area contributed by atoms with Gasteiger partial charge >= 0.3 is 0 Å². The van der Waals surface area contributed by atoms with Crippen LogP contribution in [0.15, 0.2) is 24.3 Å². The highest BCUT2D eigenvalue weighted by atomic mass is 19.2. The predicted octanol–water partition coefficient (Wildman–Crippen LogP) is 3.48. The summed E-state index contributed by atoms with van der Waals surface area (Å²) in [5, 5.41) is 0. The summed E-state index contributed by atoms with van der Waals surface area (Å²) in [7, 11) is 0. The summed E-state index contributed by atoms with van der Waals surface area (Å²) < 4.78 is 80.4. The number of anilines is 1. The monoisotopic (exact) mass is 374 g/mol. The molecular formula is C17H12F6N2O. The lowest BCUT2D eigenvalue weighted by Gasteiger charge is -2.36. The highest BCUT2D eigenvalue weighted by Gasteiger charge is 2.31.